The molecule has 106 valence electrons. The zero-order valence-electron chi connectivity index (χ0n) is 11.5. The fraction of sp³-hybridized carbons (Fsp3) is 0.250. The van der Waals surface area contributed by atoms with Crippen molar-refractivity contribution in [3.05, 3.63) is 65.2 Å². The van der Waals surface area contributed by atoms with Crippen molar-refractivity contribution in [3.63, 3.8) is 0 Å². The molecule has 20 heavy (non-hydrogen) atoms. The third-order valence-electron chi connectivity index (χ3n) is 3.23. The predicted molar refractivity (Wildman–Crippen MR) is 74.6 cm³/mol. The summed E-state index contributed by atoms with van der Waals surface area (Å²) < 4.78 is 31.6. The highest BCUT2D eigenvalue weighted by Gasteiger charge is 2.08. The van der Waals surface area contributed by atoms with Crippen molar-refractivity contribution in [2.45, 2.75) is 19.5 Å². The van der Waals surface area contributed by atoms with Crippen LogP contribution in [0.2, 0.25) is 0 Å². The van der Waals surface area contributed by atoms with Crippen molar-refractivity contribution in [2.24, 2.45) is 0 Å². The van der Waals surface area contributed by atoms with Crippen LogP contribution in [-0.4, -0.2) is 7.11 Å². The summed E-state index contributed by atoms with van der Waals surface area (Å²) in [5.74, 6) is -0.0665. The monoisotopic (exact) mass is 277 g/mol. The van der Waals surface area contributed by atoms with Crippen molar-refractivity contribution in [1.82, 2.24) is 5.32 Å². The maximum absolute atomic E-state index is 13.8. The lowest BCUT2D eigenvalue weighted by atomic mass is 10.1. The van der Waals surface area contributed by atoms with Gasteiger partial charge in [0.25, 0.3) is 0 Å². The summed E-state index contributed by atoms with van der Waals surface area (Å²) in [6, 6.07) is 11.1. The predicted octanol–water partition coefficient (Wildman–Crippen LogP) is 3.82. The molecule has 0 bridgehead atoms. The van der Waals surface area contributed by atoms with E-state index in [4.69, 9.17) is 4.74 Å². The number of benzene rings is 2. The molecular formula is C16H17F2NO. The minimum atomic E-state index is -0.303. The van der Waals surface area contributed by atoms with Gasteiger partial charge in [-0.3, -0.25) is 0 Å². The van der Waals surface area contributed by atoms with E-state index in [9.17, 15) is 8.78 Å². The molecule has 2 nitrogen and oxygen atoms in total. The quantitative estimate of drug-likeness (QED) is 0.897. The Morgan fingerprint density at radius 1 is 1.10 bits per heavy atom. The topological polar surface area (TPSA) is 21.3 Å². The number of rotatable bonds is 5. The first kappa shape index (κ1) is 14.5. The highest BCUT2D eigenvalue weighted by molar-refractivity contribution is 5.29. The van der Waals surface area contributed by atoms with Gasteiger partial charge in [-0.05, 0) is 30.7 Å². The van der Waals surface area contributed by atoms with Gasteiger partial charge in [-0.25, -0.2) is 8.78 Å². The molecule has 0 heterocycles. The molecule has 1 N–H and O–H groups in total. The maximum Gasteiger partial charge on any atom is 0.131 e. The third-order valence-corrected chi connectivity index (χ3v) is 3.23. The smallest absolute Gasteiger partial charge is 0.131 e. The summed E-state index contributed by atoms with van der Waals surface area (Å²) in [4.78, 5) is 0. The second-order valence-corrected chi connectivity index (χ2v) is 4.61. The third kappa shape index (κ3) is 3.54. The molecule has 4 heteroatoms. The zero-order chi connectivity index (χ0) is 14.5. The van der Waals surface area contributed by atoms with E-state index in [1.807, 2.05) is 6.92 Å². The fourth-order valence-corrected chi connectivity index (χ4v) is 1.93. The van der Waals surface area contributed by atoms with E-state index in [1.165, 1.54) is 25.3 Å². The first-order valence-electron chi connectivity index (χ1n) is 6.41. The minimum absolute atomic E-state index is 0.0112. The molecule has 0 radical (unpaired) electrons. The molecule has 0 aromatic heterocycles. The first-order valence-corrected chi connectivity index (χ1v) is 6.41. The van der Waals surface area contributed by atoms with Crippen LogP contribution in [0.15, 0.2) is 42.5 Å². The van der Waals surface area contributed by atoms with Gasteiger partial charge in [-0.1, -0.05) is 18.2 Å². The van der Waals surface area contributed by atoms with Crippen LogP contribution in [0.5, 0.6) is 5.75 Å². The SMILES string of the molecule is COc1ccc(CNC(C)c2ccc(F)cc2)c(F)c1. The first-order chi connectivity index (χ1) is 9.60. The lowest BCUT2D eigenvalue weighted by Gasteiger charge is -2.15. The zero-order valence-corrected chi connectivity index (χ0v) is 11.5. The highest BCUT2D eigenvalue weighted by atomic mass is 19.1. The molecule has 0 saturated heterocycles. The summed E-state index contributed by atoms with van der Waals surface area (Å²) in [5.41, 5.74) is 1.53. The fourth-order valence-electron chi connectivity index (χ4n) is 1.93. The molecule has 2 aromatic rings. The Morgan fingerprint density at radius 2 is 1.80 bits per heavy atom. The van der Waals surface area contributed by atoms with Gasteiger partial charge in [0.1, 0.15) is 17.4 Å². The van der Waals surface area contributed by atoms with Crippen LogP contribution < -0.4 is 10.1 Å². The van der Waals surface area contributed by atoms with E-state index in [2.05, 4.69) is 5.32 Å². The average molecular weight is 277 g/mol. The van der Waals surface area contributed by atoms with Crippen LogP contribution in [-0.2, 0) is 6.54 Å². The summed E-state index contributed by atoms with van der Waals surface area (Å²) in [5, 5.41) is 3.21. The summed E-state index contributed by atoms with van der Waals surface area (Å²) >= 11 is 0. The second-order valence-electron chi connectivity index (χ2n) is 4.61. The van der Waals surface area contributed by atoms with Crippen LogP contribution >= 0.6 is 0 Å². The summed E-state index contributed by atoms with van der Waals surface area (Å²) in [7, 11) is 1.50. The Kier molecular flexibility index (Phi) is 4.69. The van der Waals surface area contributed by atoms with Gasteiger partial charge in [-0.15, -0.1) is 0 Å². The van der Waals surface area contributed by atoms with E-state index in [-0.39, 0.29) is 17.7 Å². The number of hydrogen-bond donors (Lipinski definition) is 1. The number of methoxy groups -OCH3 is 1. The van der Waals surface area contributed by atoms with Gasteiger partial charge in [0.2, 0.25) is 0 Å². The minimum Gasteiger partial charge on any atom is -0.497 e. The normalized spacial score (nSPS) is 12.2. The van der Waals surface area contributed by atoms with Gasteiger partial charge < -0.3 is 10.1 Å². The maximum atomic E-state index is 13.8. The van der Waals surface area contributed by atoms with Crippen molar-refractivity contribution >= 4 is 0 Å². The number of ether oxygens (including phenoxy) is 1. The molecular weight excluding hydrogens is 260 g/mol. The van der Waals surface area contributed by atoms with Gasteiger partial charge >= 0.3 is 0 Å². The van der Waals surface area contributed by atoms with Crippen LogP contribution in [0.4, 0.5) is 8.78 Å². The Morgan fingerprint density at radius 3 is 2.40 bits per heavy atom. The Labute approximate surface area is 117 Å². The summed E-state index contributed by atoms with van der Waals surface area (Å²) in [6.45, 7) is 2.35. The van der Waals surface area contributed by atoms with Gasteiger partial charge in [0, 0.05) is 24.2 Å². The van der Waals surface area contributed by atoms with Gasteiger partial charge in [0.05, 0.1) is 7.11 Å². The molecule has 0 aliphatic rings. The number of hydrogen-bond acceptors (Lipinski definition) is 2. The summed E-state index contributed by atoms with van der Waals surface area (Å²) in [6.07, 6.45) is 0. The Balaban J connectivity index is 1.99. The van der Waals surface area contributed by atoms with E-state index < -0.39 is 0 Å². The van der Waals surface area contributed by atoms with E-state index >= 15 is 0 Å². The molecule has 0 spiro atoms. The van der Waals surface area contributed by atoms with Crippen molar-refractivity contribution in [2.75, 3.05) is 7.11 Å². The average Bonchev–Trinajstić information content (AvgIpc) is 2.46. The molecule has 0 aliphatic heterocycles. The van der Waals surface area contributed by atoms with E-state index in [0.717, 1.165) is 5.56 Å². The van der Waals surface area contributed by atoms with Crippen LogP contribution in [0.25, 0.3) is 0 Å². The van der Waals surface area contributed by atoms with Gasteiger partial charge in [-0.2, -0.15) is 0 Å². The number of nitrogens with one attached hydrogen (secondary N) is 1. The Hall–Kier alpha value is -1.94. The van der Waals surface area contributed by atoms with E-state index in [1.54, 1.807) is 24.3 Å². The molecule has 0 amide bonds. The van der Waals surface area contributed by atoms with Crippen molar-refractivity contribution in [1.29, 1.82) is 0 Å². The Bertz CT molecular complexity index is 569. The molecule has 2 rings (SSSR count). The van der Waals surface area contributed by atoms with Crippen LogP contribution in [0, 0.1) is 11.6 Å². The van der Waals surface area contributed by atoms with Crippen LogP contribution in [0.3, 0.4) is 0 Å². The van der Waals surface area contributed by atoms with Crippen LogP contribution in [0.1, 0.15) is 24.1 Å². The van der Waals surface area contributed by atoms with Crippen molar-refractivity contribution in [3.8, 4) is 5.75 Å². The molecule has 1 atom stereocenters. The molecule has 0 fully saturated rings. The van der Waals surface area contributed by atoms with Crippen molar-refractivity contribution < 1.29 is 13.5 Å². The molecule has 0 aliphatic carbocycles. The molecule has 1 unspecified atom stereocenters. The lowest BCUT2D eigenvalue weighted by Crippen LogP contribution is -2.18. The highest BCUT2D eigenvalue weighted by Crippen LogP contribution is 2.18. The lowest BCUT2D eigenvalue weighted by molar-refractivity contribution is 0.410. The standard InChI is InChI=1S/C16H17F2NO/c1-11(12-3-6-14(17)7-4-12)19-10-13-5-8-15(20-2)9-16(13)18/h3-9,11,19H,10H2,1-2H3. The van der Waals surface area contributed by atoms with E-state index in [0.29, 0.717) is 17.9 Å². The molecule has 0 saturated carbocycles. The molecule has 2 aromatic carbocycles. The largest absolute Gasteiger partial charge is 0.497 e. The second kappa shape index (κ2) is 6.48. The van der Waals surface area contributed by atoms with Gasteiger partial charge in [0.15, 0.2) is 0 Å². The number of halogens is 2.